The fourth-order valence-electron chi connectivity index (χ4n) is 1.23. The fourth-order valence-corrected chi connectivity index (χ4v) is 2.53. The number of hydrogen-bond donors (Lipinski definition) is 2. The number of sulfonamides is 1. The van der Waals surface area contributed by atoms with E-state index in [2.05, 4.69) is 9.82 Å². The smallest absolute Gasteiger partial charge is 0.236 e. The van der Waals surface area contributed by atoms with Crippen LogP contribution in [0.2, 0.25) is 0 Å². The molecule has 15 heavy (non-hydrogen) atoms. The van der Waals surface area contributed by atoms with Crippen LogP contribution in [0, 0.1) is 0 Å². The molecule has 0 saturated heterocycles. The molecule has 1 unspecified atom stereocenters. The minimum Gasteiger partial charge on any atom is -0.329 e. The molecule has 0 amide bonds. The molecule has 0 radical (unpaired) electrons. The number of nitrogens with one attached hydrogen (secondary N) is 1. The molecule has 0 aliphatic heterocycles. The Hall–Kier alpha value is -1.08. The van der Waals surface area contributed by atoms with E-state index in [0.29, 0.717) is 12.1 Å². The van der Waals surface area contributed by atoms with Crippen molar-refractivity contribution < 1.29 is 8.42 Å². The monoisotopic (exact) mass is 232 g/mol. The molecule has 1 aromatic heterocycles. The van der Waals surface area contributed by atoms with Crippen molar-refractivity contribution in [3.8, 4) is 0 Å². The molecule has 1 rings (SSSR count). The van der Waals surface area contributed by atoms with Crippen LogP contribution in [0.5, 0.6) is 0 Å². The number of nitrogens with two attached hydrogens (primary N) is 1. The van der Waals surface area contributed by atoms with E-state index >= 15 is 0 Å². The van der Waals surface area contributed by atoms with Crippen LogP contribution < -0.4 is 10.5 Å². The van der Waals surface area contributed by atoms with E-state index in [1.165, 1.54) is 10.9 Å². The quantitative estimate of drug-likeness (QED) is 0.741. The molecule has 1 heterocycles. The van der Waals surface area contributed by atoms with Gasteiger partial charge in [-0.25, -0.2) is 8.42 Å². The second kappa shape index (κ2) is 4.63. The van der Waals surface area contributed by atoms with Crippen molar-refractivity contribution in [1.82, 2.24) is 9.78 Å². The zero-order valence-corrected chi connectivity index (χ0v) is 9.66. The maximum atomic E-state index is 11.7. The first-order chi connectivity index (χ1) is 6.99. The molecule has 0 spiro atoms. The van der Waals surface area contributed by atoms with Gasteiger partial charge < -0.3 is 5.73 Å². The molecule has 0 aliphatic carbocycles. The van der Waals surface area contributed by atoms with Gasteiger partial charge in [0, 0.05) is 19.8 Å². The SMILES string of the molecule is CCC(CN)S(=O)(=O)Nc1cnn(C)c1. The highest BCUT2D eigenvalue weighted by Gasteiger charge is 2.22. The molecular formula is C8H16N4O2S. The van der Waals surface area contributed by atoms with Crippen LogP contribution in [-0.2, 0) is 17.1 Å². The van der Waals surface area contributed by atoms with E-state index in [1.54, 1.807) is 20.2 Å². The second-order valence-electron chi connectivity index (χ2n) is 3.32. The third kappa shape index (κ3) is 2.93. The van der Waals surface area contributed by atoms with Crippen molar-refractivity contribution in [3.05, 3.63) is 12.4 Å². The van der Waals surface area contributed by atoms with Gasteiger partial charge in [0.25, 0.3) is 0 Å². The van der Waals surface area contributed by atoms with Crippen molar-refractivity contribution in [2.45, 2.75) is 18.6 Å². The van der Waals surface area contributed by atoms with E-state index < -0.39 is 15.3 Å². The van der Waals surface area contributed by atoms with E-state index in [1.807, 2.05) is 0 Å². The summed E-state index contributed by atoms with van der Waals surface area (Å²) in [4.78, 5) is 0. The van der Waals surface area contributed by atoms with Crippen molar-refractivity contribution in [3.63, 3.8) is 0 Å². The molecule has 0 aromatic carbocycles. The van der Waals surface area contributed by atoms with Gasteiger partial charge in [-0.15, -0.1) is 0 Å². The Labute approximate surface area is 89.5 Å². The lowest BCUT2D eigenvalue weighted by molar-refractivity contribution is 0.581. The predicted molar refractivity (Wildman–Crippen MR) is 58.9 cm³/mol. The van der Waals surface area contributed by atoms with Gasteiger partial charge in [0.2, 0.25) is 10.0 Å². The van der Waals surface area contributed by atoms with Crippen LogP contribution in [0.15, 0.2) is 12.4 Å². The summed E-state index contributed by atoms with van der Waals surface area (Å²) >= 11 is 0. The zero-order chi connectivity index (χ0) is 11.5. The Bertz CT molecular complexity index is 408. The maximum absolute atomic E-state index is 11.7. The average molecular weight is 232 g/mol. The summed E-state index contributed by atoms with van der Waals surface area (Å²) in [6.07, 6.45) is 3.55. The molecule has 7 heteroatoms. The summed E-state index contributed by atoms with van der Waals surface area (Å²) in [5.41, 5.74) is 5.85. The number of rotatable bonds is 5. The standard InChI is InChI=1S/C8H16N4O2S/c1-3-8(4-9)15(13,14)11-7-5-10-12(2)6-7/h5-6,8,11H,3-4,9H2,1-2H3. The third-order valence-corrected chi connectivity index (χ3v) is 4.05. The van der Waals surface area contributed by atoms with Gasteiger partial charge in [-0.05, 0) is 6.42 Å². The predicted octanol–water partition coefficient (Wildman–Crippen LogP) is -0.101. The van der Waals surface area contributed by atoms with Gasteiger partial charge in [0.05, 0.1) is 17.1 Å². The van der Waals surface area contributed by atoms with Crippen molar-refractivity contribution in [2.24, 2.45) is 12.8 Å². The summed E-state index contributed by atoms with van der Waals surface area (Å²) in [6.45, 7) is 1.91. The van der Waals surface area contributed by atoms with Gasteiger partial charge in [-0.3, -0.25) is 9.40 Å². The molecule has 86 valence electrons. The Kier molecular flexibility index (Phi) is 3.70. The lowest BCUT2D eigenvalue weighted by atomic mass is 10.3. The lowest BCUT2D eigenvalue weighted by Gasteiger charge is -2.13. The summed E-state index contributed by atoms with van der Waals surface area (Å²) < 4.78 is 27.5. The summed E-state index contributed by atoms with van der Waals surface area (Å²) in [7, 11) is -1.67. The number of aryl methyl sites for hydroxylation is 1. The van der Waals surface area contributed by atoms with Crippen molar-refractivity contribution in [2.75, 3.05) is 11.3 Å². The average Bonchev–Trinajstić information content (AvgIpc) is 2.51. The summed E-state index contributed by atoms with van der Waals surface area (Å²) in [6, 6.07) is 0. The normalized spacial score (nSPS) is 13.8. The first-order valence-electron chi connectivity index (χ1n) is 4.70. The van der Waals surface area contributed by atoms with E-state index in [4.69, 9.17) is 5.73 Å². The van der Waals surface area contributed by atoms with Crippen molar-refractivity contribution in [1.29, 1.82) is 0 Å². The summed E-state index contributed by atoms with van der Waals surface area (Å²) in [5, 5.41) is 3.31. The van der Waals surface area contributed by atoms with Crippen LogP contribution in [-0.4, -0.2) is 30.0 Å². The molecule has 0 bridgehead atoms. The largest absolute Gasteiger partial charge is 0.329 e. The topological polar surface area (TPSA) is 90.0 Å². The highest BCUT2D eigenvalue weighted by atomic mass is 32.2. The molecule has 0 fully saturated rings. The minimum absolute atomic E-state index is 0.117. The highest BCUT2D eigenvalue weighted by molar-refractivity contribution is 7.93. The lowest BCUT2D eigenvalue weighted by Crippen LogP contribution is -2.33. The number of hydrogen-bond acceptors (Lipinski definition) is 4. The highest BCUT2D eigenvalue weighted by Crippen LogP contribution is 2.11. The van der Waals surface area contributed by atoms with E-state index in [9.17, 15) is 8.42 Å². The first kappa shape index (κ1) is 12.0. The fraction of sp³-hybridized carbons (Fsp3) is 0.625. The number of anilines is 1. The zero-order valence-electron chi connectivity index (χ0n) is 8.84. The van der Waals surface area contributed by atoms with Crippen LogP contribution in [0.3, 0.4) is 0 Å². The number of aromatic nitrogens is 2. The molecule has 1 atom stereocenters. The van der Waals surface area contributed by atoms with E-state index in [-0.39, 0.29) is 6.54 Å². The maximum Gasteiger partial charge on any atom is 0.236 e. The van der Waals surface area contributed by atoms with Crippen LogP contribution in [0.25, 0.3) is 0 Å². The van der Waals surface area contributed by atoms with Gasteiger partial charge in [-0.1, -0.05) is 6.92 Å². The summed E-state index contributed by atoms with van der Waals surface area (Å²) in [5.74, 6) is 0. The van der Waals surface area contributed by atoms with Gasteiger partial charge in [-0.2, -0.15) is 5.10 Å². The Balaban J connectivity index is 2.80. The molecule has 3 N–H and O–H groups in total. The molecule has 0 aliphatic rings. The minimum atomic E-state index is -3.39. The Morgan fingerprint density at radius 2 is 2.33 bits per heavy atom. The van der Waals surface area contributed by atoms with E-state index in [0.717, 1.165) is 0 Å². The number of nitrogens with zero attached hydrogens (tertiary/aromatic N) is 2. The molecule has 0 saturated carbocycles. The van der Waals surface area contributed by atoms with Gasteiger partial charge in [0.1, 0.15) is 0 Å². The molecule has 6 nitrogen and oxygen atoms in total. The van der Waals surface area contributed by atoms with Crippen LogP contribution in [0.4, 0.5) is 5.69 Å². The van der Waals surface area contributed by atoms with Crippen LogP contribution >= 0.6 is 0 Å². The van der Waals surface area contributed by atoms with Crippen LogP contribution in [0.1, 0.15) is 13.3 Å². The van der Waals surface area contributed by atoms with Gasteiger partial charge in [0.15, 0.2) is 0 Å². The van der Waals surface area contributed by atoms with Crippen molar-refractivity contribution >= 4 is 15.7 Å². The molecular weight excluding hydrogens is 216 g/mol. The van der Waals surface area contributed by atoms with Gasteiger partial charge >= 0.3 is 0 Å². The Morgan fingerprint density at radius 1 is 1.67 bits per heavy atom. The molecule has 1 aromatic rings. The Morgan fingerprint density at radius 3 is 2.73 bits per heavy atom. The third-order valence-electron chi connectivity index (χ3n) is 2.12. The second-order valence-corrected chi connectivity index (χ2v) is 5.28. The first-order valence-corrected chi connectivity index (χ1v) is 6.24.